The fourth-order valence-electron chi connectivity index (χ4n) is 3.01. The van der Waals surface area contributed by atoms with E-state index in [1.165, 1.54) is 4.31 Å². The lowest BCUT2D eigenvalue weighted by atomic mass is 10.1. The Labute approximate surface area is 149 Å². The predicted octanol–water partition coefficient (Wildman–Crippen LogP) is 4.24. The maximum Gasteiger partial charge on any atom is 0.243 e. The van der Waals surface area contributed by atoms with Gasteiger partial charge in [-0.2, -0.15) is 4.31 Å². The van der Waals surface area contributed by atoms with Gasteiger partial charge in [0, 0.05) is 24.0 Å². The standard InChI is InChI=1S/C20H22N2O2S/c1-4-22(5-2)25(23,24)17-12-10-16(11-13-17)20-14-15(3)18-8-6-7-9-19(18)21-20/h6-14H,4-5H2,1-3H3. The third-order valence-electron chi connectivity index (χ3n) is 4.42. The minimum absolute atomic E-state index is 0.317. The van der Waals surface area contributed by atoms with Gasteiger partial charge in [-0.15, -0.1) is 0 Å². The van der Waals surface area contributed by atoms with Crippen LogP contribution in [-0.2, 0) is 10.0 Å². The number of hydrogen-bond acceptors (Lipinski definition) is 3. The first-order valence-electron chi connectivity index (χ1n) is 8.44. The number of rotatable bonds is 5. The number of aryl methyl sites for hydroxylation is 1. The van der Waals surface area contributed by atoms with Crippen LogP contribution in [0.15, 0.2) is 59.5 Å². The molecule has 0 bridgehead atoms. The van der Waals surface area contributed by atoms with E-state index in [-0.39, 0.29) is 0 Å². The third-order valence-corrected chi connectivity index (χ3v) is 6.48. The number of nitrogens with zero attached hydrogens (tertiary/aromatic N) is 2. The van der Waals surface area contributed by atoms with Crippen molar-refractivity contribution in [3.05, 3.63) is 60.2 Å². The molecule has 0 saturated heterocycles. The minimum Gasteiger partial charge on any atom is -0.248 e. The van der Waals surface area contributed by atoms with Crippen LogP contribution < -0.4 is 0 Å². The Bertz CT molecular complexity index is 992. The van der Waals surface area contributed by atoms with Crippen LogP contribution in [0.4, 0.5) is 0 Å². The largest absolute Gasteiger partial charge is 0.248 e. The fourth-order valence-corrected chi connectivity index (χ4v) is 4.47. The van der Waals surface area contributed by atoms with Gasteiger partial charge in [0.2, 0.25) is 10.0 Å². The van der Waals surface area contributed by atoms with Crippen molar-refractivity contribution in [1.82, 2.24) is 9.29 Å². The van der Waals surface area contributed by atoms with Crippen molar-refractivity contribution in [2.75, 3.05) is 13.1 Å². The molecule has 0 spiro atoms. The second-order valence-corrected chi connectivity index (χ2v) is 7.89. The molecule has 1 aromatic heterocycles. The molecule has 0 amide bonds. The summed E-state index contributed by atoms with van der Waals surface area (Å²) < 4.78 is 26.6. The zero-order valence-electron chi connectivity index (χ0n) is 14.7. The molecule has 0 saturated carbocycles. The van der Waals surface area contributed by atoms with E-state index in [9.17, 15) is 8.42 Å². The molecule has 3 aromatic rings. The number of aromatic nitrogens is 1. The highest BCUT2D eigenvalue weighted by atomic mass is 32.2. The molecule has 1 heterocycles. The summed E-state index contributed by atoms with van der Waals surface area (Å²) in [6.07, 6.45) is 0. The topological polar surface area (TPSA) is 50.3 Å². The number of fused-ring (bicyclic) bond motifs is 1. The third kappa shape index (κ3) is 3.30. The Morgan fingerprint density at radius 3 is 2.24 bits per heavy atom. The molecule has 0 radical (unpaired) electrons. The van der Waals surface area contributed by atoms with Crippen LogP contribution >= 0.6 is 0 Å². The van der Waals surface area contributed by atoms with Crippen LogP contribution in [0, 0.1) is 6.92 Å². The van der Waals surface area contributed by atoms with Gasteiger partial charge in [0.05, 0.1) is 16.1 Å². The Hall–Kier alpha value is -2.24. The lowest BCUT2D eigenvalue weighted by Crippen LogP contribution is -2.30. The average Bonchev–Trinajstić information content (AvgIpc) is 2.62. The Morgan fingerprint density at radius 1 is 0.960 bits per heavy atom. The van der Waals surface area contributed by atoms with Crippen molar-refractivity contribution >= 4 is 20.9 Å². The first-order valence-corrected chi connectivity index (χ1v) is 9.88. The zero-order valence-corrected chi connectivity index (χ0v) is 15.5. The first-order chi connectivity index (χ1) is 12.0. The summed E-state index contributed by atoms with van der Waals surface area (Å²) in [5.74, 6) is 0. The van der Waals surface area contributed by atoms with Crippen molar-refractivity contribution in [1.29, 1.82) is 0 Å². The molecule has 0 aliphatic heterocycles. The Balaban J connectivity index is 2.01. The highest BCUT2D eigenvalue weighted by Gasteiger charge is 2.21. The number of benzene rings is 2. The molecule has 130 valence electrons. The lowest BCUT2D eigenvalue weighted by Gasteiger charge is -2.18. The van der Waals surface area contributed by atoms with E-state index in [4.69, 9.17) is 4.98 Å². The van der Waals surface area contributed by atoms with Crippen LogP contribution in [0.5, 0.6) is 0 Å². The van der Waals surface area contributed by atoms with Gasteiger partial charge in [0.15, 0.2) is 0 Å². The quantitative estimate of drug-likeness (QED) is 0.688. The number of hydrogen-bond donors (Lipinski definition) is 0. The van der Waals surface area contributed by atoms with E-state index in [1.54, 1.807) is 12.1 Å². The van der Waals surface area contributed by atoms with E-state index in [1.807, 2.05) is 50.2 Å². The molecule has 0 aliphatic carbocycles. The Morgan fingerprint density at radius 2 is 1.60 bits per heavy atom. The highest BCUT2D eigenvalue weighted by molar-refractivity contribution is 7.89. The zero-order chi connectivity index (χ0) is 18.0. The van der Waals surface area contributed by atoms with E-state index < -0.39 is 10.0 Å². The van der Waals surface area contributed by atoms with Gasteiger partial charge in [0.1, 0.15) is 0 Å². The van der Waals surface area contributed by atoms with Crippen LogP contribution in [0.1, 0.15) is 19.4 Å². The van der Waals surface area contributed by atoms with Crippen LogP contribution in [0.3, 0.4) is 0 Å². The molecular formula is C20H22N2O2S. The second kappa shape index (κ2) is 6.94. The molecule has 0 aliphatic rings. The Kier molecular flexibility index (Phi) is 4.88. The van der Waals surface area contributed by atoms with Crippen molar-refractivity contribution < 1.29 is 8.42 Å². The van der Waals surface area contributed by atoms with Crippen molar-refractivity contribution in [3.8, 4) is 11.3 Å². The minimum atomic E-state index is -3.43. The lowest BCUT2D eigenvalue weighted by molar-refractivity contribution is 0.445. The van der Waals surface area contributed by atoms with Gasteiger partial charge in [-0.25, -0.2) is 13.4 Å². The SMILES string of the molecule is CCN(CC)S(=O)(=O)c1ccc(-c2cc(C)c3ccccc3n2)cc1. The number of para-hydroxylation sites is 1. The normalized spacial score (nSPS) is 12.0. The average molecular weight is 354 g/mol. The van der Waals surface area contributed by atoms with E-state index in [0.717, 1.165) is 27.7 Å². The molecular weight excluding hydrogens is 332 g/mol. The second-order valence-electron chi connectivity index (χ2n) is 5.96. The van der Waals surface area contributed by atoms with Gasteiger partial charge in [-0.3, -0.25) is 0 Å². The number of sulfonamides is 1. The van der Waals surface area contributed by atoms with Crippen molar-refractivity contribution in [3.63, 3.8) is 0 Å². The van der Waals surface area contributed by atoms with Crippen LogP contribution in [0.25, 0.3) is 22.2 Å². The molecule has 3 rings (SSSR count). The first kappa shape index (κ1) is 17.6. The molecule has 0 fully saturated rings. The molecule has 4 nitrogen and oxygen atoms in total. The molecule has 0 N–H and O–H groups in total. The summed E-state index contributed by atoms with van der Waals surface area (Å²) in [5, 5.41) is 1.13. The molecule has 25 heavy (non-hydrogen) atoms. The van der Waals surface area contributed by atoms with Gasteiger partial charge in [0.25, 0.3) is 0 Å². The van der Waals surface area contributed by atoms with Crippen LogP contribution in [-0.4, -0.2) is 30.8 Å². The summed E-state index contributed by atoms with van der Waals surface area (Å²) in [5.41, 5.74) is 3.85. The smallest absolute Gasteiger partial charge is 0.243 e. The maximum absolute atomic E-state index is 12.6. The molecule has 2 aromatic carbocycles. The summed E-state index contributed by atoms with van der Waals surface area (Å²) in [7, 11) is -3.43. The van der Waals surface area contributed by atoms with E-state index >= 15 is 0 Å². The monoisotopic (exact) mass is 354 g/mol. The van der Waals surface area contributed by atoms with Gasteiger partial charge >= 0.3 is 0 Å². The highest BCUT2D eigenvalue weighted by Crippen LogP contribution is 2.26. The summed E-state index contributed by atoms with van der Waals surface area (Å²) in [6.45, 7) is 6.68. The van der Waals surface area contributed by atoms with Gasteiger partial charge < -0.3 is 0 Å². The van der Waals surface area contributed by atoms with Gasteiger partial charge in [-0.1, -0.05) is 44.2 Å². The molecule has 0 atom stereocenters. The summed E-state index contributed by atoms with van der Waals surface area (Å²) in [4.78, 5) is 5.02. The predicted molar refractivity (Wildman–Crippen MR) is 102 cm³/mol. The van der Waals surface area contributed by atoms with E-state index in [0.29, 0.717) is 18.0 Å². The fraction of sp³-hybridized carbons (Fsp3) is 0.250. The van der Waals surface area contributed by atoms with Gasteiger partial charge in [-0.05, 0) is 36.8 Å². The number of pyridine rings is 1. The van der Waals surface area contributed by atoms with Crippen molar-refractivity contribution in [2.24, 2.45) is 0 Å². The van der Waals surface area contributed by atoms with E-state index in [2.05, 4.69) is 13.0 Å². The molecule has 5 heteroatoms. The van der Waals surface area contributed by atoms with Crippen molar-refractivity contribution in [2.45, 2.75) is 25.7 Å². The van der Waals surface area contributed by atoms with Crippen LogP contribution in [0.2, 0.25) is 0 Å². The summed E-state index contributed by atoms with van der Waals surface area (Å²) >= 11 is 0. The molecule has 0 unspecified atom stereocenters. The summed E-state index contributed by atoms with van der Waals surface area (Å²) in [6, 6.07) is 17.0. The maximum atomic E-state index is 12.6.